The first-order valence-corrected chi connectivity index (χ1v) is 5.50. The van der Waals surface area contributed by atoms with Crippen LogP contribution in [0.4, 0.5) is 4.39 Å². The third kappa shape index (κ3) is 3.41. The van der Waals surface area contributed by atoms with Crippen molar-refractivity contribution in [2.45, 2.75) is 12.8 Å². The van der Waals surface area contributed by atoms with Gasteiger partial charge < -0.3 is 10.5 Å². The fourth-order valence-corrected chi connectivity index (χ4v) is 2.09. The molecule has 2 rings (SSSR count). The Labute approximate surface area is 106 Å². The van der Waals surface area contributed by atoms with Crippen LogP contribution in [-0.2, 0) is 0 Å². The van der Waals surface area contributed by atoms with Crippen molar-refractivity contribution >= 4 is 18.1 Å². The molecule has 0 radical (unpaired) electrons. The molecule has 0 saturated carbocycles. The molecular formula is C12H16ClFN2O. The monoisotopic (exact) mass is 258 g/mol. The lowest BCUT2D eigenvalue weighted by Gasteiger charge is -2.23. The van der Waals surface area contributed by atoms with Gasteiger partial charge in [-0.15, -0.1) is 12.4 Å². The second-order valence-electron chi connectivity index (χ2n) is 4.02. The van der Waals surface area contributed by atoms with E-state index in [-0.39, 0.29) is 24.1 Å². The van der Waals surface area contributed by atoms with Crippen molar-refractivity contribution in [3.05, 3.63) is 35.6 Å². The molecule has 0 aromatic heterocycles. The molecule has 1 aromatic rings. The molecule has 0 bridgehead atoms. The van der Waals surface area contributed by atoms with Gasteiger partial charge in [-0.2, -0.15) is 0 Å². The second-order valence-corrected chi connectivity index (χ2v) is 4.02. The van der Waals surface area contributed by atoms with Crippen LogP contribution in [-0.4, -0.2) is 24.0 Å². The quantitative estimate of drug-likeness (QED) is 0.486. The molecule has 0 aliphatic carbocycles. The zero-order valence-electron chi connectivity index (χ0n) is 9.40. The highest BCUT2D eigenvalue weighted by Gasteiger charge is 2.20. The maximum absolute atomic E-state index is 12.8. The molecule has 3 nitrogen and oxygen atoms in total. The van der Waals surface area contributed by atoms with Gasteiger partial charge in [-0.3, -0.25) is 0 Å². The van der Waals surface area contributed by atoms with E-state index in [0.717, 1.165) is 31.5 Å². The first-order valence-electron chi connectivity index (χ1n) is 5.50. The summed E-state index contributed by atoms with van der Waals surface area (Å²) in [7, 11) is 0. The van der Waals surface area contributed by atoms with Gasteiger partial charge in [0.05, 0.1) is 5.71 Å². The van der Waals surface area contributed by atoms with Crippen LogP contribution in [0.15, 0.2) is 29.4 Å². The van der Waals surface area contributed by atoms with Gasteiger partial charge in [-0.1, -0.05) is 17.3 Å². The van der Waals surface area contributed by atoms with Crippen LogP contribution in [0.25, 0.3) is 0 Å². The molecule has 5 heteroatoms. The highest BCUT2D eigenvalue weighted by molar-refractivity contribution is 6.01. The van der Waals surface area contributed by atoms with Crippen molar-refractivity contribution in [2.24, 2.45) is 11.1 Å². The van der Waals surface area contributed by atoms with Crippen LogP contribution in [0, 0.1) is 11.7 Å². The van der Waals surface area contributed by atoms with Crippen molar-refractivity contribution in [2.75, 3.05) is 13.1 Å². The van der Waals surface area contributed by atoms with Crippen LogP contribution >= 0.6 is 12.4 Å². The van der Waals surface area contributed by atoms with E-state index >= 15 is 0 Å². The molecule has 0 unspecified atom stereocenters. The number of nitrogens with zero attached hydrogens (tertiary/aromatic N) is 1. The van der Waals surface area contributed by atoms with E-state index in [2.05, 4.69) is 10.5 Å². The summed E-state index contributed by atoms with van der Waals surface area (Å²) in [5, 5.41) is 15.7. The smallest absolute Gasteiger partial charge is 0.123 e. The molecule has 17 heavy (non-hydrogen) atoms. The normalized spacial score (nSPS) is 17.6. The molecule has 0 amide bonds. The first-order chi connectivity index (χ1) is 7.81. The molecule has 1 aliphatic rings. The van der Waals surface area contributed by atoms with Crippen LogP contribution in [0.1, 0.15) is 18.4 Å². The van der Waals surface area contributed by atoms with Gasteiger partial charge in [0.25, 0.3) is 0 Å². The van der Waals surface area contributed by atoms with E-state index in [4.69, 9.17) is 5.21 Å². The number of nitrogens with one attached hydrogen (secondary N) is 1. The topological polar surface area (TPSA) is 44.6 Å². The minimum absolute atomic E-state index is 0. The van der Waals surface area contributed by atoms with Crippen molar-refractivity contribution in [3.8, 4) is 0 Å². The Balaban J connectivity index is 0.00000144. The lowest BCUT2D eigenvalue weighted by Crippen LogP contribution is -2.32. The van der Waals surface area contributed by atoms with E-state index in [1.807, 2.05) is 0 Å². The second kappa shape index (κ2) is 6.57. The van der Waals surface area contributed by atoms with Gasteiger partial charge in [0.1, 0.15) is 5.82 Å². The van der Waals surface area contributed by atoms with Gasteiger partial charge in [-0.25, -0.2) is 4.39 Å². The van der Waals surface area contributed by atoms with Crippen LogP contribution in [0.2, 0.25) is 0 Å². The summed E-state index contributed by atoms with van der Waals surface area (Å²) in [6, 6.07) is 6.10. The standard InChI is InChI=1S/C12H15FN2O.ClH/c13-11-3-1-9(2-4-11)12(15-16)10-5-7-14-8-6-10;/h1-4,10,14,16H,5-8H2;1H/b15-12+;. The number of hydrogen-bond donors (Lipinski definition) is 2. The van der Waals surface area contributed by atoms with Gasteiger partial charge in [0.15, 0.2) is 0 Å². The van der Waals surface area contributed by atoms with Crippen molar-refractivity contribution in [3.63, 3.8) is 0 Å². The maximum Gasteiger partial charge on any atom is 0.123 e. The van der Waals surface area contributed by atoms with E-state index < -0.39 is 0 Å². The fourth-order valence-electron chi connectivity index (χ4n) is 2.09. The largest absolute Gasteiger partial charge is 0.411 e. The highest BCUT2D eigenvalue weighted by atomic mass is 35.5. The van der Waals surface area contributed by atoms with Crippen LogP contribution in [0.3, 0.4) is 0 Å². The summed E-state index contributed by atoms with van der Waals surface area (Å²) >= 11 is 0. The van der Waals surface area contributed by atoms with Crippen molar-refractivity contribution in [1.29, 1.82) is 0 Å². The number of rotatable bonds is 2. The Kier molecular flexibility index (Phi) is 5.38. The van der Waals surface area contributed by atoms with Gasteiger partial charge >= 0.3 is 0 Å². The van der Waals surface area contributed by atoms with Gasteiger partial charge in [0.2, 0.25) is 0 Å². The molecule has 94 valence electrons. The summed E-state index contributed by atoms with van der Waals surface area (Å²) in [5.74, 6) is -0.0111. The molecule has 2 N–H and O–H groups in total. The number of hydrogen-bond acceptors (Lipinski definition) is 3. The summed E-state index contributed by atoms with van der Waals surface area (Å²) in [4.78, 5) is 0. The Morgan fingerprint density at radius 3 is 2.35 bits per heavy atom. The molecule has 1 aromatic carbocycles. The number of oxime groups is 1. The fraction of sp³-hybridized carbons (Fsp3) is 0.417. The predicted octanol–water partition coefficient (Wildman–Crippen LogP) is 2.43. The Morgan fingerprint density at radius 2 is 1.82 bits per heavy atom. The number of benzene rings is 1. The molecule has 0 atom stereocenters. The van der Waals surface area contributed by atoms with Gasteiger partial charge in [-0.05, 0) is 43.6 Å². The van der Waals surface area contributed by atoms with E-state index in [9.17, 15) is 4.39 Å². The lowest BCUT2D eigenvalue weighted by molar-refractivity contribution is 0.311. The van der Waals surface area contributed by atoms with E-state index in [0.29, 0.717) is 5.71 Å². The number of halogens is 2. The number of piperidine rings is 1. The summed E-state index contributed by atoms with van der Waals surface area (Å²) in [5.41, 5.74) is 1.47. The minimum Gasteiger partial charge on any atom is -0.411 e. The van der Waals surface area contributed by atoms with Gasteiger partial charge in [0, 0.05) is 5.92 Å². The molecule has 1 saturated heterocycles. The Morgan fingerprint density at radius 1 is 1.24 bits per heavy atom. The lowest BCUT2D eigenvalue weighted by atomic mass is 9.89. The molecule has 1 fully saturated rings. The zero-order valence-corrected chi connectivity index (χ0v) is 10.2. The third-order valence-corrected chi connectivity index (χ3v) is 2.97. The Hall–Kier alpha value is -1.13. The average molecular weight is 259 g/mol. The summed E-state index contributed by atoms with van der Waals surface area (Å²) < 4.78 is 12.8. The summed E-state index contributed by atoms with van der Waals surface area (Å²) in [6.07, 6.45) is 1.91. The Bertz CT molecular complexity index is 375. The van der Waals surface area contributed by atoms with Crippen LogP contribution in [0.5, 0.6) is 0 Å². The van der Waals surface area contributed by atoms with E-state index in [1.54, 1.807) is 12.1 Å². The van der Waals surface area contributed by atoms with Crippen LogP contribution < -0.4 is 5.32 Å². The van der Waals surface area contributed by atoms with Crippen molar-refractivity contribution in [1.82, 2.24) is 5.32 Å². The highest BCUT2D eigenvalue weighted by Crippen LogP contribution is 2.19. The summed E-state index contributed by atoms with van der Waals surface area (Å²) in [6.45, 7) is 1.87. The van der Waals surface area contributed by atoms with E-state index in [1.165, 1.54) is 12.1 Å². The maximum atomic E-state index is 12.8. The minimum atomic E-state index is -0.272. The average Bonchev–Trinajstić information content (AvgIpc) is 2.34. The molecule has 1 aliphatic heterocycles. The van der Waals surface area contributed by atoms with Crippen molar-refractivity contribution < 1.29 is 9.60 Å². The predicted molar refractivity (Wildman–Crippen MR) is 67.6 cm³/mol. The molecular weight excluding hydrogens is 243 g/mol. The first kappa shape index (κ1) is 13.9. The zero-order chi connectivity index (χ0) is 11.4. The molecule has 1 heterocycles. The molecule has 0 spiro atoms. The third-order valence-electron chi connectivity index (χ3n) is 2.97. The SMILES string of the molecule is Cl.O/N=C(\c1ccc(F)cc1)C1CCNCC1.